The summed E-state index contributed by atoms with van der Waals surface area (Å²) in [5.41, 5.74) is 11.3. The number of benzene rings is 2. The Hall–Kier alpha value is -5.06. The average Bonchev–Trinajstić information content (AvgIpc) is 3.28. The van der Waals surface area contributed by atoms with Gasteiger partial charge in [-0.1, -0.05) is 0 Å². The minimum Gasteiger partial charge on any atom is -0.457 e. The van der Waals surface area contributed by atoms with Crippen molar-refractivity contribution in [2.45, 2.75) is 6.92 Å². The first-order valence-corrected chi connectivity index (χ1v) is 11.5. The molecule has 186 valence electrons. The predicted molar refractivity (Wildman–Crippen MR) is 145 cm³/mol. The lowest BCUT2D eigenvalue weighted by molar-refractivity contribution is 0.479. The number of nitrogens with one attached hydrogen (secondary N) is 1. The lowest BCUT2D eigenvalue weighted by Crippen LogP contribution is -2.21. The Kier molecular flexibility index (Phi) is 6.33. The minimum atomic E-state index is 0.437. The Labute approximate surface area is 213 Å². The number of imidazole rings is 1. The molecule has 0 saturated heterocycles. The lowest BCUT2D eigenvalue weighted by Gasteiger charge is -2.18. The SMILES string of the molecule is CN=CC(=CN)N(C)c1ncc2ncnc(Nc3ccc(Oc4ccc5c(c4)ncn5C)c(C)c3)c2n1. The molecule has 0 radical (unpaired) electrons. The zero-order valence-electron chi connectivity index (χ0n) is 20.9. The van der Waals surface area contributed by atoms with Gasteiger partial charge in [0.1, 0.15) is 28.9 Å². The molecule has 0 aliphatic heterocycles. The highest BCUT2D eigenvalue weighted by Crippen LogP contribution is 2.31. The molecule has 0 aliphatic rings. The molecule has 0 saturated carbocycles. The molecule has 5 aromatic rings. The van der Waals surface area contributed by atoms with Gasteiger partial charge < -0.3 is 25.3 Å². The summed E-state index contributed by atoms with van der Waals surface area (Å²) in [7, 11) is 5.45. The number of ether oxygens (including phenoxy) is 1. The number of hydrogen-bond donors (Lipinski definition) is 2. The van der Waals surface area contributed by atoms with Crippen LogP contribution in [0.5, 0.6) is 11.5 Å². The van der Waals surface area contributed by atoms with Crippen LogP contribution in [0.15, 0.2) is 72.1 Å². The molecular weight excluding hydrogens is 468 g/mol. The van der Waals surface area contributed by atoms with Gasteiger partial charge in [-0.15, -0.1) is 0 Å². The van der Waals surface area contributed by atoms with Crippen LogP contribution in [0.3, 0.4) is 0 Å². The van der Waals surface area contributed by atoms with Gasteiger partial charge in [-0.3, -0.25) is 4.99 Å². The summed E-state index contributed by atoms with van der Waals surface area (Å²) in [4.78, 5) is 28.0. The Bertz CT molecular complexity index is 1660. The van der Waals surface area contributed by atoms with E-state index in [1.165, 1.54) is 12.5 Å². The van der Waals surface area contributed by atoms with E-state index in [1.54, 1.807) is 30.7 Å². The third kappa shape index (κ3) is 4.74. The molecule has 0 unspecified atom stereocenters. The molecule has 2 aromatic carbocycles. The zero-order chi connectivity index (χ0) is 25.9. The largest absolute Gasteiger partial charge is 0.457 e. The van der Waals surface area contributed by atoms with Crippen molar-refractivity contribution in [1.29, 1.82) is 0 Å². The van der Waals surface area contributed by atoms with Crippen molar-refractivity contribution >= 4 is 45.7 Å². The second kappa shape index (κ2) is 9.90. The van der Waals surface area contributed by atoms with E-state index in [9.17, 15) is 0 Å². The summed E-state index contributed by atoms with van der Waals surface area (Å²) in [5, 5.41) is 3.35. The van der Waals surface area contributed by atoms with E-state index in [-0.39, 0.29) is 0 Å². The Balaban J connectivity index is 1.40. The highest BCUT2D eigenvalue weighted by Gasteiger charge is 2.13. The molecule has 0 fully saturated rings. The van der Waals surface area contributed by atoms with E-state index in [4.69, 9.17) is 10.5 Å². The predicted octanol–water partition coefficient (Wildman–Crippen LogP) is 4.09. The quantitative estimate of drug-likeness (QED) is 0.321. The van der Waals surface area contributed by atoms with Crippen molar-refractivity contribution in [3.8, 4) is 11.5 Å². The number of allylic oxidation sites excluding steroid dienone is 1. The number of nitrogens with two attached hydrogens (primary N) is 1. The second-order valence-corrected chi connectivity index (χ2v) is 8.38. The van der Waals surface area contributed by atoms with Gasteiger partial charge >= 0.3 is 0 Å². The molecule has 5 rings (SSSR count). The topological polar surface area (TPSA) is 132 Å². The third-order valence-corrected chi connectivity index (χ3v) is 5.85. The van der Waals surface area contributed by atoms with Gasteiger partial charge in [0.25, 0.3) is 0 Å². The molecule has 11 heteroatoms. The molecule has 37 heavy (non-hydrogen) atoms. The van der Waals surface area contributed by atoms with Crippen molar-refractivity contribution in [1.82, 2.24) is 29.5 Å². The standard InChI is InChI=1S/C26H26N10O/c1-16-9-17(5-8-23(16)37-19-6-7-22-20(10-19)32-15-35(22)3)33-25-24-21(30-14-31-25)13-29-26(34-24)36(4)18(11-27)12-28-2/h5-15H,27H2,1-4H3,(H,30,31,33). The molecule has 11 nitrogen and oxygen atoms in total. The number of anilines is 3. The number of fused-ring (bicyclic) bond motifs is 2. The first-order valence-electron chi connectivity index (χ1n) is 11.5. The molecule has 3 N–H and O–H groups in total. The Morgan fingerprint density at radius 2 is 1.97 bits per heavy atom. The van der Waals surface area contributed by atoms with Gasteiger partial charge in [-0.25, -0.2) is 24.9 Å². The smallest absolute Gasteiger partial charge is 0.230 e. The molecule has 0 bridgehead atoms. The van der Waals surface area contributed by atoms with Gasteiger partial charge in [0, 0.05) is 45.3 Å². The van der Waals surface area contributed by atoms with Crippen molar-refractivity contribution in [3.63, 3.8) is 0 Å². The summed E-state index contributed by atoms with van der Waals surface area (Å²) >= 11 is 0. The normalized spacial score (nSPS) is 11.9. The van der Waals surface area contributed by atoms with Crippen molar-refractivity contribution in [3.05, 3.63) is 72.7 Å². The monoisotopic (exact) mass is 494 g/mol. The van der Waals surface area contributed by atoms with E-state index in [0.717, 1.165) is 33.8 Å². The Morgan fingerprint density at radius 3 is 2.76 bits per heavy atom. The van der Waals surface area contributed by atoms with E-state index in [2.05, 4.69) is 35.2 Å². The van der Waals surface area contributed by atoms with E-state index < -0.39 is 0 Å². The van der Waals surface area contributed by atoms with E-state index in [1.807, 2.05) is 62.0 Å². The van der Waals surface area contributed by atoms with Gasteiger partial charge in [0.2, 0.25) is 5.95 Å². The van der Waals surface area contributed by atoms with Crippen molar-refractivity contribution in [2.75, 3.05) is 24.3 Å². The molecule has 3 aromatic heterocycles. The molecular formula is C26H26N10O. The van der Waals surface area contributed by atoms with Crippen LogP contribution < -0.4 is 20.7 Å². The summed E-state index contributed by atoms with van der Waals surface area (Å²) < 4.78 is 8.12. The lowest BCUT2D eigenvalue weighted by atomic mass is 10.2. The van der Waals surface area contributed by atoms with Gasteiger partial charge in [0.05, 0.1) is 29.3 Å². The summed E-state index contributed by atoms with van der Waals surface area (Å²) in [6.07, 6.45) is 8.00. The fourth-order valence-corrected chi connectivity index (χ4v) is 3.87. The van der Waals surface area contributed by atoms with E-state index in [0.29, 0.717) is 28.5 Å². The summed E-state index contributed by atoms with van der Waals surface area (Å²) in [6.45, 7) is 1.99. The van der Waals surface area contributed by atoms with Crippen LogP contribution in [0, 0.1) is 6.92 Å². The molecule has 0 atom stereocenters. The average molecular weight is 495 g/mol. The number of aryl methyl sites for hydroxylation is 2. The number of aliphatic imine (C=N–C) groups is 1. The molecule has 0 aliphatic carbocycles. The van der Waals surface area contributed by atoms with Crippen molar-refractivity contribution < 1.29 is 4.74 Å². The van der Waals surface area contributed by atoms with Crippen molar-refractivity contribution in [2.24, 2.45) is 17.8 Å². The van der Waals surface area contributed by atoms with Crippen LogP contribution in [0.4, 0.5) is 17.5 Å². The van der Waals surface area contributed by atoms with Crippen LogP contribution in [0.1, 0.15) is 5.56 Å². The summed E-state index contributed by atoms with van der Waals surface area (Å²) in [5.74, 6) is 2.47. The molecule has 0 spiro atoms. The van der Waals surface area contributed by atoms with Crippen LogP contribution >= 0.6 is 0 Å². The number of hydrogen-bond acceptors (Lipinski definition) is 10. The summed E-state index contributed by atoms with van der Waals surface area (Å²) in [6, 6.07) is 11.7. The number of nitrogens with zero attached hydrogens (tertiary/aromatic N) is 8. The first-order chi connectivity index (χ1) is 18.0. The first kappa shape index (κ1) is 23.7. The Morgan fingerprint density at radius 1 is 1.11 bits per heavy atom. The highest BCUT2D eigenvalue weighted by molar-refractivity contribution is 5.88. The van der Waals surface area contributed by atoms with Crippen LogP contribution in [-0.2, 0) is 7.05 Å². The van der Waals surface area contributed by atoms with Crippen LogP contribution in [0.25, 0.3) is 22.1 Å². The molecule has 0 amide bonds. The van der Waals surface area contributed by atoms with Crippen LogP contribution in [0.2, 0.25) is 0 Å². The van der Waals surface area contributed by atoms with E-state index >= 15 is 0 Å². The third-order valence-electron chi connectivity index (χ3n) is 5.85. The highest BCUT2D eigenvalue weighted by atomic mass is 16.5. The van der Waals surface area contributed by atoms with Crippen LogP contribution in [-0.4, -0.2) is 49.8 Å². The number of rotatable bonds is 7. The maximum atomic E-state index is 6.14. The zero-order valence-corrected chi connectivity index (χ0v) is 20.9. The minimum absolute atomic E-state index is 0.437. The van der Waals surface area contributed by atoms with Gasteiger partial charge in [-0.05, 0) is 42.8 Å². The molecule has 3 heterocycles. The maximum Gasteiger partial charge on any atom is 0.230 e. The second-order valence-electron chi connectivity index (χ2n) is 8.38. The fourth-order valence-electron chi connectivity index (χ4n) is 3.87. The maximum absolute atomic E-state index is 6.14. The van der Waals surface area contributed by atoms with Gasteiger partial charge in [-0.2, -0.15) is 0 Å². The number of aromatic nitrogens is 6. The fraction of sp³-hybridized carbons (Fsp3) is 0.154. The van der Waals surface area contributed by atoms with Gasteiger partial charge in [0.15, 0.2) is 5.82 Å².